The van der Waals surface area contributed by atoms with E-state index in [1.807, 2.05) is 0 Å². The van der Waals surface area contributed by atoms with E-state index >= 15 is 0 Å². The summed E-state index contributed by atoms with van der Waals surface area (Å²) in [5, 5.41) is 2.11. The van der Waals surface area contributed by atoms with Gasteiger partial charge < -0.3 is 5.73 Å². The molecule has 0 saturated carbocycles. The maximum atomic E-state index is 12.5. The van der Waals surface area contributed by atoms with Gasteiger partial charge in [0.2, 0.25) is 0 Å². The summed E-state index contributed by atoms with van der Waals surface area (Å²) in [6.45, 7) is 1.50. The number of nitrogens with zero attached hydrogens (tertiary/aromatic N) is 1. The number of H-pyrrole nitrogens is 1. The molecule has 0 spiro atoms. The highest BCUT2D eigenvalue weighted by molar-refractivity contribution is 5.17. The van der Waals surface area contributed by atoms with E-state index in [1.165, 1.54) is 13.8 Å². The smallest absolute Gasteiger partial charge is 0.330 e. The van der Waals surface area contributed by atoms with Crippen molar-refractivity contribution in [1.82, 2.24) is 9.78 Å². The normalized spacial score (nSPS) is 13.7. The van der Waals surface area contributed by atoms with Crippen molar-refractivity contribution in [3.8, 4) is 0 Å². The number of alkyl halides is 3. The highest BCUT2D eigenvalue weighted by Gasteiger charge is 2.39. The molecule has 0 aliphatic heterocycles. The van der Waals surface area contributed by atoms with Crippen molar-refractivity contribution in [2.45, 2.75) is 26.6 Å². The molecule has 0 saturated heterocycles. The Kier molecular flexibility index (Phi) is 4.00. The van der Waals surface area contributed by atoms with E-state index < -0.39 is 36.3 Å². The number of hydrogen-bond acceptors (Lipinski definition) is 3. The Hall–Kier alpha value is -1.57. The lowest BCUT2D eigenvalue weighted by Gasteiger charge is -2.19. The number of nitrogens with one attached hydrogen (secondary N) is 1. The van der Waals surface area contributed by atoms with Gasteiger partial charge in [-0.2, -0.15) is 13.2 Å². The molecule has 0 bridgehead atoms. The van der Waals surface area contributed by atoms with Crippen LogP contribution in [0.2, 0.25) is 0 Å². The standard InChI is InChI=1S/C10H14F3N3O2/c1-5-6(2)9(18)16(15-8(5)17)4-7(3-14)10(11,12)13/h7H,3-4,14H2,1-2H3,(H,15,17). The van der Waals surface area contributed by atoms with Crippen LogP contribution < -0.4 is 16.9 Å². The first-order valence-corrected chi connectivity index (χ1v) is 5.25. The van der Waals surface area contributed by atoms with Gasteiger partial charge in [0.15, 0.2) is 0 Å². The Morgan fingerprint density at radius 2 is 1.83 bits per heavy atom. The van der Waals surface area contributed by atoms with Gasteiger partial charge in [-0.3, -0.25) is 14.7 Å². The van der Waals surface area contributed by atoms with Gasteiger partial charge in [0, 0.05) is 17.7 Å². The highest BCUT2D eigenvalue weighted by Crippen LogP contribution is 2.26. The summed E-state index contributed by atoms with van der Waals surface area (Å²) in [5.74, 6) is -1.87. The van der Waals surface area contributed by atoms with Crippen molar-refractivity contribution < 1.29 is 13.2 Å². The maximum absolute atomic E-state index is 12.5. The number of hydrogen-bond donors (Lipinski definition) is 2. The van der Waals surface area contributed by atoms with Gasteiger partial charge in [-0.15, -0.1) is 0 Å². The Morgan fingerprint density at radius 1 is 1.28 bits per heavy atom. The fraction of sp³-hybridized carbons (Fsp3) is 0.600. The van der Waals surface area contributed by atoms with E-state index in [-0.39, 0.29) is 11.1 Å². The lowest BCUT2D eigenvalue weighted by molar-refractivity contribution is -0.175. The molecule has 0 fully saturated rings. The van der Waals surface area contributed by atoms with Crippen molar-refractivity contribution in [3.63, 3.8) is 0 Å². The maximum Gasteiger partial charge on any atom is 0.394 e. The van der Waals surface area contributed by atoms with Crippen molar-refractivity contribution in [1.29, 1.82) is 0 Å². The van der Waals surface area contributed by atoms with Crippen molar-refractivity contribution >= 4 is 0 Å². The van der Waals surface area contributed by atoms with Gasteiger partial charge in [-0.1, -0.05) is 0 Å². The fourth-order valence-corrected chi connectivity index (χ4v) is 1.45. The molecule has 1 atom stereocenters. The van der Waals surface area contributed by atoms with Crippen LogP contribution in [-0.4, -0.2) is 22.5 Å². The molecule has 18 heavy (non-hydrogen) atoms. The molecule has 1 heterocycles. The van der Waals surface area contributed by atoms with Crippen LogP contribution in [0.25, 0.3) is 0 Å². The number of aromatic amines is 1. The number of halogens is 3. The van der Waals surface area contributed by atoms with Crippen LogP contribution in [0.5, 0.6) is 0 Å². The summed E-state index contributed by atoms with van der Waals surface area (Å²) in [7, 11) is 0. The highest BCUT2D eigenvalue weighted by atomic mass is 19.4. The Balaban J connectivity index is 3.21. The average molecular weight is 265 g/mol. The van der Waals surface area contributed by atoms with Crippen LogP contribution in [0.15, 0.2) is 9.59 Å². The van der Waals surface area contributed by atoms with E-state index in [1.54, 1.807) is 0 Å². The van der Waals surface area contributed by atoms with E-state index in [0.29, 0.717) is 4.68 Å². The summed E-state index contributed by atoms with van der Waals surface area (Å²) in [4.78, 5) is 23.1. The van der Waals surface area contributed by atoms with Crippen LogP contribution in [0, 0.1) is 19.8 Å². The molecule has 1 rings (SSSR count). The van der Waals surface area contributed by atoms with Crippen molar-refractivity contribution in [2.75, 3.05) is 6.54 Å². The van der Waals surface area contributed by atoms with E-state index in [0.717, 1.165) is 0 Å². The average Bonchev–Trinajstić information content (AvgIpc) is 2.27. The molecule has 102 valence electrons. The number of aromatic nitrogens is 2. The minimum absolute atomic E-state index is 0.136. The molecule has 3 N–H and O–H groups in total. The van der Waals surface area contributed by atoms with Crippen LogP contribution >= 0.6 is 0 Å². The summed E-state index contributed by atoms with van der Waals surface area (Å²) < 4.78 is 38.3. The predicted molar refractivity (Wildman–Crippen MR) is 59.4 cm³/mol. The van der Waals surface area contributed by atoms with Gasteiger partial charge in [-0.05, 0) is 13.8 Å². The molecule has 0 radical (unpaired) electrons. The summed E-state index contributed by atoms with van der Waals surface area (Å²) >= 11 is 0. The summed E-state index contributed by atoms with van der Waals surface area (Å²) in [6, 6.07) is 0. The second-order valence-electron chi connectivity index (χ2n) is 4.08. The van der Waals surface area contributed by atoms with Gasteiger partial charge in [-0.25, -0.2) is 4.68 Å². The zero-order chi connectivity index (χ0) is 14.1. The van der Waals surface area contributed by atoms with E-state index in [2.05, 4.69) is 5.10 Å². The topological polar surface area (TPSA) is 80.9 Å². The van der Waals surface area contributed by atoms with Crippen LogP contribution in [0.3, 0.4) is 0 Å². The fourth-order valence-electron chi connectivity index (χ4n) is 1.45. The van der Waals surface area contributed by atoms with Crippen LogP contribution in [0.4, 0.5) is 13.2 Å². The van der Waals surface area contributed by atoms with Crippen LogP contribution in [0.1, 0.15) is 11.1 Å². The van der Waals surface area contributed by atoms with Gasteiger partial charge >= 0.3 is 6.18 Å². The SMILES string of the molecule is Cc1c(C)c(=O)n(CC(CN)C(F)(F)F)[nH]c1=O. The molecule has 1 unspecified atom stereocenters. The predicted octanol–water partition coefficient (Wildman–Crippen LogP) is 0.291. The van der Waals surface area contributed by atoms with Gasteiger partial charge in [0.1, 0.15) is 0 Å². The zero-order valence-electron chi connectivity index (χ0n) is 9.97. The first-order valence-electron chi connectivity index (χ1n) is 5.25. The molecular weight excluding hydrogens is 251 g/mol. The molecule has 5 nitrogen and oxygen atoms in total. The molecule has 1 aromatic heterocycles. The second-order valence-corrected chi connectivity index (χ2v) is 4.08. The lowest BCUT2D eigenvalue weighted by Crippen LogP contribution is -2.40. The first kappa shape index (κ1) is 14.5. The molecule has 0 aliphatic carbocycles. The van der Waals surface area contributed by atoms with Crippen molar-refractivity contribution in [2.24, 2.45) is 11.7 Å². The second kappa shape index (κ2) is 4.97. The summed E-state index contributed by atoms with van der Waals surface area (Å²) in [5.41, 5.74) is 4.15. The molecule has 0 aliphatic rings. The largest absolute Gasteiger partial charge is 0.394 e. The molecule has 0 amide bonds. The third kappa shape index (κ3) is 2.81. The quantitative estimate of drug-likeness (QED) is 0.824. The van der Waals surface area contributed by atoms with Crippen LogP contribution in [-0.2, 0) is 6.54 Å². The minimum atomic E-state index is -4.51. The molecule has 8 heteroatoms. The molecular formula is C10H14F3N3O2. The third-order valence-corrected chi connectivity index (χ3v) is 2.86. The van der Waals surface area contributed by atoms with E-state index in [9.17, 15) is 22.8 Å². The summed E-state index contributed by atoms with van der Waals surface area (Å²) in [6.07, 6.45) is -4.51. The number of rotatable bonds is 3. The van der Waals surface area contributed by atoms with Gasteiger partial charge in [0.05, 0.1) is 12.5 Å². The third-order valence-electron chi connectivity index (χ3n) is 2.86. The molecule has 0 aromatic carbocycles. The zero-order valence-corrected chi connectivity index (χ0v) is 9.97. The Bertz CT molecular complexity index is 545. The minimum Gasteiger partial charge on any atom is -0.330 e. The number of nitrogens with two attached hydrogens (primary N) is 1. The van der Waals surface area contributed by atoms with Crippen molar-refractivity contribution in [3.05, 3.63) is 31.8 Å². The Labute approximate surface area is 100 Å². The Morgan fingerprint density at radius 3 is 2.28 bits per heavy atom. The first-order chi connectivity index (χ1) is 8.18. The van der Waals surface area contributed by atoms with E-state index in [4.69, 9.17) is 5.73 Å². The lowest BCUT2D eigenvalue weighted by atomic mass is 10.1. The molecule has 1 aromatic rings. The monoisotopic (exact) mass is 265 g/mol. The van der Waals surface area contributed by atoms with Gasteiger partial charge in [0.25, 0.3) is 11.1 Å².